The molecule has 5 heteroatoms. The number of aryl methyl sites for hydroxylation is 1. The molecule has 1 amide bonds. The second-order valence-corrected chi connectivity index (χ2v) is 6.96. The number of ether oxygens (including phenoxy) is 1. The van der Waals surface area contributed by atoms with E-state index in [1.165, 1.54) is 0 Å². The maximum atomic E-state index is 13.2. The van der Waals surface area contributed by atoms with Crippen LogP contribution in [-0.2, 0) is 0 Å². The first kappa shape index (κ1) is 18.0. The van der Waals surface area contributed by atoms with Gasteiger partial charge in [0, 0.05) is 17.8 Å². The maximum Gasteiger partial charge on any atom is 0.256 e. The minimum Gasteiger partial charge on any atom is -0.497 e. The molecule has 0 fully saturated rings. The second-order valence-electron chi connectivity index (χ2n) is 6.96. The first-order chi connectivity index (χ1) is 13.5. The van der Waals surface area contributed by atoms with Crippen molar-refractivity contribution in [1.29, 1.82) is 0 Å². The molecule has 0 aliphatic heterocycles. The molecule has 142 valence electrons. The lowest BCUT2D eigenvalue weighted by Gasteiger charge is -2.24. The summed E-state index contributed by atoms with van der Waals surface area (Å²) in [5.41, 5.74) is 2.93. The number of nitrogens with zero attached hydrogens (tertiary/aromatic N) is 2. The van der Waals surface area contributed by atoms with Crippen LogP contribution in [-0.4, -0.2) is 29.9 Å². The Morgan fingerprint density at radius 3 is 2.64 bits per heavy atom. The lowest BCUT2D eigenvalue weighted by molar-refractivity contribution is 0.0726. The van der Waals surface area contributed by atoms with Crippen LogP contribution in [0.2, 0.25) is 0 Å². The van der Waals surface area contributed by atoms with Crippen molar-refractivity contribution in [2.45, 2.75) is 19.9 Å². The summed E-state index contributed by atoms with van der Waals surface area (Å²) >= 11 is 0. The van der Waals surface area contributed by atoms with Crippen molar-refractivity contribution in [3.63, 3.8) is 0 Å². The Labute approximate surface area is 163 Å². The zero-order chi connectivity index (χ0) is 19.8. The fourth-order valence-electron chi connectivity index (χ4n) is 3.36. The zero-order valence-corrected chi connectivity index (χ0v) is 16.4. The number of benzene rings is 2. The number of rotatable bonds is 4. The van der Waals surface area contributed by atoms with Gasteiger partial charge in [0.15, 0.2) is 0 Å². The highest BCUT2D eigenvalue weighted by atomic mass is 16.5. The van der Waals surface area contributed by atoms with Gasteiger partial charge < -0.3 is 14.1 Å². The number of furan rings is 1. The van der Waals surface area contributed by atoms with Crippen molar-refractivity contribution in [1.82, 2.24) is 9.88 Å². The topological polar surface area (TPSA) is 55.6 Å². The van der Waals surface area contributed by atoms with E-state index in [1.807, 2.05) is 68.4 Å². The zero-order valence-electron chi connectivity index (χ0n) is 16.4. The van der Waals surface area contributed by atoms with Gasteiger partial charge in [-0.3, -0.25) is 9.78 Å². The number of para-hydroxylation sites is 1. The van der Waals surface area contributed by atoms with E-state index >= 15 is 0 Å². The number of methoxy groups -OCH3 is 1. The third kappa shape index (κ3) is 3.09. The van der Waals surface area contributed by atoms with E-state index in [0.29, 0.717) is 11.3 Å². The number of hydrogen-bond donors (Lipinski definition) is 0. The van der Waals surface area contributed by atoms with Gasteiger partial charge in [-0.1, -0.05) is 18.2 Å². The average molecular weight is 374 g/mol. The number of amides is 1. The molecule has 0 saturated carbocycles. The lowest BCUT2D eigenvalue weighted by Crippen LogP contribution is -2.30. The largest absolute Gasteiger partial charge is 0.497 e. The molecule has 5 nitrogen and oxygen atoms in total. The van der Waals surface area contributed by atoms with E-state index in [-0.39, 0.29) is 11.9 Å². The van der Waals surface area contributed by atoms with Gasteiger partial charge >= 0.3 is 0 Å². The maximum absolute atomic E-state index is 13.2. The Balaban J connectivity index is 1.68. The number of carbonyl (C=O) groups excluding carboxylic acids is 1. The molecule has 0 radical (unpaired) electrons. The molecule has 2 heterocycles. The first-order valence-electron chi connectivity index (χ1n) is 9.19. The van der Waals surface area contributed by atoms with Crippen LogP contribution in [0.5, 0.6) is 5.75 Å². The monoisotopic (exact) mass is 374 g/mol. The van der Waals surface area contributed by atoms with Crippen LogP contribution in [0, 0.1) is 6.92 Å². The minimum absolute atomic E-state index is 0.0947. The number of hydrogen-bond acceptors (Lipinski definition) is 4. The van der Waals surface area contributed by atoms with Gasteiger partial charge in [-0.2, -0.15) is 0 Å². The summed E-state index contributed by atoms with van der Waals surface area (Å²) in [4.78, 5) is 19.5. The Hall–Kier alpha value is -3.34. The Kier molecular flexibility index (Phi) is 4.51. The number of pyridine rings is 1. The summed E-state index contributed by atoms with van der Waals surface area (Å²) in [6, 6.07) is 17.2. The number of aromatic nitrogens is 1. The van der Waals surface area contributed by atoms with Crippen LogP contribution in [0.3, 0.4) is 0 Å². The van der Waals surface area contributed by atoms with E-state index in [1.54, 1.807) is 19.1 Å². The molecular formula is C23H22N2O3. The van der Waals surface area contributed by atoms with Crippen LogP contribution in [0.25, 0.3) is 21.9 Å². The fraction of sp³-hybridized carbons (Fsp3) is 0.217. The van der Waals surface area contributed by atoms with Gasteiger partial charge in [-0.05, 0) is 50.2 Å². The molecule has 1 unspecified atom stereocenters. The highest BCUT2D eigenvalue weighted by Gasteiger charge is 2.24. The van der Waals surface area contributed by atoms with Crippen LogP contribution in [0.4, 0.5) is 0 Å². The fourth-order valence-corrected chi connectivity index (χ4v) is 3.36. The summed E-state index contributed by atoms with van der Waals surface area (Å²) in [6.45, 7) is 3.82. The molecular weight excluding hydrogens is 352 g/mol. The van der Waals surface area contributed by atoms with Crippen LogP contribution >= 0.6 is 0 Å². The van der Waals surface area contributed by atoms with Crippen molar-refractivity contribution >= 4 is 27.8 Å². The quantitative estimate of drug-likeness (QED) is 0.497. The minimum atomic E-state index is -0.208. The standard InChI is InChI=1S/C23H22N2O3/c1-14-19(12-17-11-18(27-4)9-10-20(17)24-14)23(26)25(3)15(2)22-13-16-7-5-6-8-21(16)28-22/h5-13,15H,1-4H3. The molecule has 0 bridgehead atoms. The average Bonchev–Trinajstić information content (AvgIpc) is 3.15. The molecule has 0 aliphatic rings. The van der Waals surface area contributed by atoms with E-state index in [2.05, 4.69) is 4.98 Å². The summed E-state index contributed by atoms with van der Waals surface area (Å²) < 4.78 is 11.2. The van der Waals surface area contributed by atoms with Gasteiger partial charge in [-0.25, -0.2) is 0 Å². The van der Waals surface area contributed by atoms with E-state index in [4.69, 9.17) is 9.15 Å². The molecule has 28 heavy (non-hydrogen) atoms. The van der Waals surface area contributed by atoms with E-state index < -0.39 is 0 Å². The SMILES string of the molecule is COc1ccc2nc(C)c(C(=O)N(C)C(C)c3cc4ccccc4o3)cc2c1. The molecule has 0 saturated heterocycles. The van der Waals surface area contributed by atoms with Gasteiger partial charge in [0.2, 0.25) is 0 Å². The molecule has 2 aromatic heterocycles. The summed E-state index contributed by atoms with van der Waals surface area (Å²) in [5.74, 6) is 1.40. The van der Waals surface area contributed by atoms with Gasteiger partial charge in [0.1, 0.15) is 17.1 Å². The van der Waals surface area contributed by atoms with Crippen molar-refractivity contribution in [2.75, 3.05) is 14.2 Å². The van der Waals surface area contributed by atoms with Crippen LogP contribution in [0.15, 0.2) is 59.0 Å². The number of carbonyl (C=O) groups is 1. The molecule has 4 rings (SSSR count). The van der Waals surface area contributed by atoms with Crippen molar-refractivity contribution < 1.29 is 13.9 Å². The van der Waals surface area contributed by atoms with E-state index in [9.17, 15) is 4.79 Å². The smallest absolute Gasteiger partial charge is 0.256 e. The first-order valence-corrected chi connectivity index (χ1v) is 9.19. The van der Waals surface area contributed by atoms with Crippen molar-refractivity contribution in [3.8, 4) is 5.75 Å². The van der Waals surface area contributed by atoms with Crippen LogP contribution in [0.1, 0.15) is 34.8 Å². The molecule has 0 aliphatic carbocycles. The van der Waals surface area contributed by atoms with Crippen molar-refractivity contribution in [2.24, 2.45) is 0 Å². The normalized spacial score (nSPS) is 12.3. The highest BCUT2D eigenvalue weighted by molar-refractivity contribution is 5.99. The number of fused-ring (bicyclic) bond motifs is 2. The molecule has 0 N–H and O–H groups in total. The molecule has 4 aromatic rings. The summed E-state index contributed by atoms with van der Waals surface area (Å²) in [6.07, 6.45) is 0. The Morgan fingerprint density at radius 2 is 1.89 bits per heavy atom. The van der Waals surface area contributed by atoms with E-state index in [0.717, 1.165) is 33.4 Å². The third-order valence-electron chi connectivity index (χ3n) is 5.20. The Morgan fingerprint density at radius 1 is 1.11 bits per heavy atom. The molecule has 1 atom stereocenters. The van der Waals surface area contributed by atoms with Gasteiger partial charge in [0.05, 0.1) is 29.9 Å². The highest BCUT2D eigenvalue weighted by Crippen LogP contribution is 2.29. The predicted molar refractivity (Wildman–Crippen MR) is 110 cm³/mol. The van der Waals surface area contributed by atoms with Crippen LogP contribution < -0.4 is 4.74 Å². The van der Waals surface area contributed by atoms with Crippen molar-refractivity contribution in [3.05, 3.63) is 71.6 Å². The summed E-state index contributed by atoms with van der Waals surface area (Å²) in [7, 11) is 3.41. The van der Waals surface area contributed by atoms with Gasteiger partial charge in [0.25, 0.3) is 5.91 Å². The Bertz CT molecular complexity index is 1150. The second kappa shape index (κ2) is 7.00. The molecule has 2 aromatic carbocycles. The predicted octanol–water partition coefficient (Wildman–Crippen LogP) is 5.13. The summed E-state index contributed by atoms with van der Waals surface area (Å²) in [5, 5.41) is 1.90. The third-order valence-corrected chi connectivity index (χ3v) is 5.20. The molecule has 0 spiro atoms. The lowest BCUT2D eigenvalue weighted by atomic mass is 10.1. The van der Waals surface area contributed by atoms with Gasteiger partial charge in [-0.15, -0.1) is 0 Å².